The SMILES string of the molecule is O=C(COc1ccc(Cl)cc1[N+](=O)[O-])N/N=C/c1ccc(-c2ccccc2Cl)o1. The summed E-state index contributed by atoms with van der Waals surface area (Å²) in [7, 11) is 0. The van der Waals surface area contributed by atoms with Crippen LogP contribution in [-0.2, 0) is 4.79 Å². The maximum atomic E-state index is 11.8. The highest BCUT2D eigenvalue weighted by Crippen LogP contribution is 2.30. The molecule has 29 heavy (non-hydrogen) atoms. The summed E-state index contributed by atoms with van der Waals surface area (Å²) in [5, 5.41) is 15.5. The van der Waals surface area contributed by atoms with Gasteiger partial charge in [0, 0.05) is 16.7 Å². The van der Waals surface area contributed by atoms with Crippen molar-refractivity contribution in [3.8, 4) is 17.1 Å². The first kappa shape index (κ1) is 20.4. The number of carbonyl (C=O) groups excluding carboxylic acids is 1. The molecule has 2 aromatic carbocycles. The normalized spacial score (nSPS) is 10.8. The van der Waals surface area contributed by atoms with Crippen LogP contribution in [-0.4, -0.2) is 23.7 Å². The van der Waals surface area contributed by atoms with Crippen LogP contribution in [0.5, 0.6) is 5.75 Å². The van der Waals surface area contributed by atoms with Crippen molar-refractivity contribution in [3.05, 3.63) is 80.5 Å². The van der Waals surface area contributed by atoms with Gasteiger partial charge in [0.05, 0.1) is 16.2 Å². The molecule has 1 heterocycles. The van der Waals surface area contributed by atoms with E-state index in [-0.39, 0.29) is 16.5 Å². The highest BCUT2D eigenvalue weighted by molar-refractivity contribution is 6.33. The van der Waals surface area contributed by atoms with Gasteiger partial charge in [-0.2, -0.15) is 5.10 Å². The lowest BCUT2D eigenvalue weighted by Crippen LogP contribution is -2.24. The number of amides is 1. The molecule has 148 valence electrons. The molecule has 0 saturated carbocycles. The first-order valence-electron chi connectivity index (χ1n) is 8.17. The van der Waals surface area contributed by atoms with Crippen molar-refractivity contribution >= 4 is 41.0 Å². The molecule has 0 aliphatic carbocycles. The average molecular weight is 434 g/mol. The van der Waals surface area contributed by atoms with Crippen molar-refractivity contribution in [2.45, 2.75) is 0 Å². The van der Waals surface area contributed by atoms with Gasteiger partial charge < -0.3 is 9.15 Å². The highest BCUT2D eigenvalue weighted by Gasteiger charge is 2.16. The van der Waals surface area contributed by atoms with E-state index in [2.05, 4.69) is 10.5 Å². The maximum absolute atomic E-state index is 11.8. The van der Waals surface area contributed by atoms with Gasteiger partial charge in [-0.3, -0.25) is 14.9 Å². The molecule has 0 atom stereocenters. The van der Waals surface area contributed by atoms with E-state index in [1.165, 1.54) is 18.3 Å². The molecule has 0 radical (unpaired) electrons. The van der Waals surface area contributed by atoms with Crippen molar-refractivity contribution in [2.75, 3.05) is 6.61 Å². The number of hydrogen-bond acceptors (Lipinski definition) is 6. The molecule has 8 nitrogen and oxygen atoms in total. The Hall–Kier alpha value is -3.36. The Bertz CT molecular complexity index is 1080. The zero-order valence-corrected chi connectivity index (χ0v) is 16.2. The summed E-state index contributed by atoms with van der Waals surface area (Å²) in [5.74, 6) is 0.272. The minimum atomic E-state index is -0.648. The van der Waals surface area contributed by atoms with Crippen LogP contribution in [0.25, 0.3) is 11.3 Å². The van der Waals surface area contributed by atoms with Crippen molar-refractivity contribution in [1.82, 2.24) is 5.43 Å². The summed E-state index contributed by atoms with van der Waals surface area (Å²) in [6.07, 6.45) is 1.31. The Kier molecular flexibility index (Phi) is 6.48. The fourth-order valence-electron chi connectivity index (χ4n) is 2.33. The van der Waals surface area contributed by atoms with E-state index < -0.39 is 17.4 Å². The van der Waals surface area contributed by atoms with Crippen molar-refractivity contribution in [1.29, 1.82) is 0 Å². The second-order valence-corrected chi connectivity index (χ2v) is 6.48. The predicted octanol–water partition coefficient (Wildman–Crippen LogP) is 4.69. The molecule has 1 N–H and O–H groups in total. The number of ether oxygens (including phenoxy) is 1. The number of nitro groups is 1. The van der Waals surface area contributed by atoms with Gasteiger partial charge in [0.25, 0.3) is 5.91 Å². The van der Waals surface area contributed by atoms with E-state index in [0.717, 1.165) is 11.6 Å². The number of nitrogens with zero attached hydrogens (tertiary/aromatic N) is 2. The monoisotopic (exact) mass is 433 g/mol. The Balaban J connectivity index is 1.56. The third kappa shape index (κ3) is 5.34. The van der Waals surface area contributed by atoms with Crippen LogP contribution < -0.4 is 10.2 Å². The molecule has 0 saturated heterocycles. The molecule has 0 spiro atoms. The molecule has 1 amide bonds. The fraction of sp³-hybridized carbons (Fsp3) is 0.0526. The van der Waals surface area contributed by atoms with Crippen LogP contribution in [0.2, 0.25) is 10.0 Å². The standard InChI is InChI=1S/C19H13Cl2N3O5/c20-12-5-7-18(16(9-12)24(26)27)28-11-19(25)23-22-10-13-6-8-17(29-13)14-3-1-2-4-15(14)21/h1-10H,11H2,(H,23,25)/b22-10+. The smallest absolute Gasteiger partial charge is 0.312 e. The van der Waals surface area contributed by atoms with E-state index in [0.29, 0.717) is 16.5 Å². The average Bonchev–Trinajstić information content (AvgIpc) is 3.16. The summed E-state index contributed by atoms with van der Waals surface area (Å²) >= 11 is 11.8. The molecular weight excluding hydrogens is 421 g/mol. The van der Waals surface area contributed by atoms with Gasteiger partial charge in [0.15, 0.2) is 12.4 Å². The number of nitrogens with one attached hydrogen (secondary N) is 1. The van der Waals surface area contributed by atoms with Gasteiger partial charge >= 0.3 is 5.69 Å². The van der Waals surface area contributed by atoms with Gasteiger partial charge in [-0.15, -0.1) is 0 Å². The third-order valence-electron chi connectivity index (χ3n) is 3.62. The first-order valence-corrected chi connectivity index (χ1v) is 8.93. The lowest BCUT2D eigenvalue weighted by atomic mass is 10.2. The van der Waals surface area contributed by atoms with Crippen LogP contribution in [0.15, 0.2) is 64.1 Å². The number of halogens is 2. The van der Waals surface area contributed by atoms with E-state index in [9.17, 15) is 14.9 Å². The topological polar surface area (TPSA) is 107 Å². The highest BCUT2D eigenvalue weighted by atomic mass is 35.5. The van der Waals surface area contributed by atoms with Gasteiger partial charge in [-0.1, -0.05) is 35.3 Å². The summed E-state index contributed by atoms with van der Waals surface area (Å²) < 4.78 is 10.8. The molecule has 0 unspecified atom stereocenters. The van der Waals surface area contributed by atoms with Crippen LogP contribution in [0, 0.1) is 10.1 Å². The largest absolute Gasteiger partial charge is 0.477 e. The zero-order chi connectivity index (χ0) is 20.8. The summed E-state index contributed by atoms with van der Waals surface area (Å²) in [5.41, 5.74) is 2.64. The van der Waals surface area contributed by atoms with Crippen LogP contribution in [0.3, 0.4) is 0 Å². The summed E-state index contributed by atoms with van der Waals surface area (Å²) in [6.45, 7) is -0.469. The fourth-order valence-corrected chi connectivity index (χ4v) is 2.72. The Morgan fingerprint density at radius 1 is 1.21 bits per heavy atom. The molecule has 10 heteroatoms. The number of furan rings is 1. The number of hydrazone groups is 1. The van der Waals surface area contributed by atoms with Gasteiger partial charge in [-0.25, -0.2) is 5.43 Å². The quantitative estimate of drug-likeness (QED) is 0.330. The van der Waals surface area contributed by atoms with Gasteiger partial charge in [-0.05, 0) is 36.4 Å². The van der Waals surface area contributed by atoms with Crippen molar-refractivity contribution in [2.24, 2.45) is 5.10 Å². The molecule has 0 aliphatic rings. The Morgan fingerprint density at radius 3 is 2.76 bits per heavy atom. The first-order chi connectivity index (χ1) is 13.9. The molecule has 0 bridgehead atoms. The summed E-state index contributed by atoms with van der Waals surface area (Å²) in [6, 6.07) is 14.5. The number of benzene rings is 2. The van der Waals surface area contributed by atoms with Crippen LogP contribution in [0.1, 0.15) is 5.76 Å². The van der Waals surface area contributed by atoms with E-state index in [1.807, 2.05) is 18.2 Å². The van der Waals surface area contributed by atoms with Gasteiger partial charge in [0.2, 0.25) is 0 Å². The van der Waals surface area contributed by atoms with Crippen LogP contribution >= 0.6 is 23.2 Å². The minimum absolute atomic E-state index is 0.0751. The second-order valence-electron chi connectivity index (χ2n) is 5.63. The van der Waals surface area contributed by atoms with Crippen molar-refractivity contribution in [3.63, 3.8) is 0 Å². The number of hydrogen-bond donors (Lipinski definition) is 1. The van der Waals surface area contributed by atoms with E-state index in [1.54, 1.807) is 18.2 Å². The maximum Gasteiger partial charge on any atom is 0.312 e. The summed E-state index contributed by atoms with van der Waals surface area (Å²) in [4.78, 5) is 22.2. The molecule has 3 rings (SSSR count). The molecule has 3 aromatic rings. The predicted molar refractivity (Wildman–Crippen MR) is 108 cm³/mol. The third-order valence-corrected chi connectivity index (χ3v) is 4.19. The molecule has 1 aromatic heterocycles. The molecule has 0 aliphatic heterocycles. The Labute approximate surface area is 174 Å². The lowest BCUT2D eigenvalue weighted by molar-refractivity contribution is -0.385. The van der Waals surface area contributed by atoms with E-state index >= 15 is 0 Å². The zero-order valence-electron chi connectivity index (χ0n) is 14.7. The van der Waals surface area contributed by atoms with Crippen LogP contribution in [0.4, 0.5) is 5.69 Å². The number of rotatable bonds is 7. The molecular formula is C19H13Cl2N3O5. The Morgan fingerprint density at radius 2 is 2.00 bits per heavy atom. The van der Waals surface area contributed by atoms with Crippen molar-refractivity contribution < 1.29 is 18.9 Å². The van der Waals surface area contributed by atoms with E-state index in [4.69, 9.17) is 32.4 Å². The minimum Gasteiger partial charge on any atom is -0.477 e. The number of carbonyl (C=O) groups is 1. The molecule has 0 fully saturated rings. The van der Waals surface area contributed by atoms with Gasteiger partial charge in [0.1, 0.15) is 11.5 Å². The second kappa shape index (κ2) is 9.22. The lowest BCUT2D eigenvalue weighted by Gasteiger charge is -2.05. The number of nitro benzene ring substituents is 1.